The van der Waals surface area contributed by atoms with E-state index in [4.69, 9.17) is 5.26 Å². The smallest absolute Gasteiger partial charge is 0.232 e. The van der Waals surface area contributed by atoms with Crippen LogP contribution in [0.3, 0.4) is 0 Å². The second-order valence-corrected chi connectivity index (χ2v) is 6.86. The van der Waals surface area contributed by atoms with Gasteiger partial charge in [0.05, 0.1) is 11.1 Å². The van der Waals surface area contributed by atoms with Crippen molar-refractivity contribution >= 4 is 11.6 Å². The number of hydrogen-bond donors (Lipinski definition) is 2. The Balaban J connectivity index is 1.70. The highest BCUT2D eigenvalue weighted by molar-refractivity contribution is 5.99. The maximum absolute atomic E-state index is 12.7. The summed E-state index contributed by atoms with van der Waals surface area (Å²) < 4.78 is 0. The van der Waals surface area contributed by atoms with Crippen LogP contribution < -0.4 is 5.32 Å². The molecule has 1 spiro atoms. The number of amides is 1. The largest absolute Gasteiger partial charge is 0.325 e. The van der Waals surface area contributed by atoms with Gasteiger partial charge in [0.1, 0.15) is 0 Å². The van der Waals surface area contributed by atoms with Crippen LogP contribution in [0.1, 0.15) is 23.4 Å². The molecule has 1 fully saturated rings. The van der Waals surface area contributed by atoms with E-state index in [0.29, 0.717) is 19.5 Å². The molecule has 0 saturated carbocycles. The number of benzene rings is 1. The number of likely N-dealkylation sites (tertiary alicyclic amines) is 1. The van der Waals surface area contributed by atoms with Gasteiger partial charge in [-0.15, -0.1) is 0 Å². The quantitative estimate of drug-likeness (QED) is 0.790. The van der Waals surface area contributed by atoms with Crippen molar-refractivity contribution in [3.8, 4) is 17.3 Å². The molecular weight excluding hydrogens is 302 g/mol. The first-order chi connectivity index (χ1) is 11.5. The first-order valence-corrected chi connectivity index (χ1v) is 8.13. The third-order valence-electron chi connectivity index (χ3n) is 5.28. The molecule has 1 aromatic carbocycles. The normalized spacial score (nSPS) is 22.4. The number of carbonyl (C=O) groups excluding carboxylic acids is 1. The predicted octanol–water partition coefficient (Wildman–Crippen LogP) is 2.36. The van der Waals surface area contributed by atoms with Crippen molar-refractivity contribution in [2.75, 3.05) is 18.4 Å². The van der Waals surface area contributed by atoms with E-state index in [-0.39, 0.29) is 5.91 Å². The van der Waals surface area contributed by atoms with Gasteiger partial charge in [0.15, 0.2) is 6.19 Å². The van der Waals surface area contributed by atoms with E-state index in [1.54, 1.807) is 4.90 Å². The minimum atomic E-state index is -0.467. The Morgan fingerprint density at radius 1 is 1.38 bits per heavy atom. The molecule has 2 aromatic rings. The molecule has 0 bridgehead atoms. The van der Waals surface area contributed by atoms with Gasteiger partial charge < -0.3 is 10.2 Å². The monoisotopic (exact) mass is 321 g/mol. The number of nitrogens with one attached hydrogen (secondary N) is 2. The molecule has 1 saturated heterocycles. The summed E-state index contributed by atoms with van der Waals surface area (Å²) >= 11 is 0. The third-order valence-corrected chi connectivity index (χ3v) is 5.28. The summed E-state index contributed by atoms with van der Waals surface area (Å²) in [5.74, 6) is 0.0329. The molecule has 0 radical (unpaired) electrons. The lowest BCUT2D eigenvalue weighted by atomic mass is 9.76. The van der Waals surface area contributed by atoms with Gasteiger partial charge in [0.2, 0.25) is 5.91 Å². The molecule has 1 aromatic heterocycles. The van der Waals surface area contributed by atoms with E-state index >= 15 is 0 Å². The van der Waals surface area contributed by atoms with Gasteiger partial charge in [-0.2, -0.15) is 10.4 Å². The van der Waals surface area contributed by atoms with Crippen molar-refractivity contribution in [2.45, 2.75) is 26.7 Å². The maximum atomic E-state index is 12.7. The van der Waals surface area contributed by atoms with Crippen LogP contribution in [-0.2, 0) is 11.2 Å². The lowest BCUT2D eigenvalue weighted by Gasteiger charge is -2.33. The van der Waals surface area contributed by atoms with Gasteiger partial charge in [0, 0.05) is 30.0 Å². The van der Waals surface area contributed by atoms with Crippen LogP contribution in [-0.4, -0.2) is 34.1 Å². The van der Waals surface area contributed by atoms with Crippen LogP contribution in [0.5, 0.6) is 0 Å². The van der Waals surface area contributed by atoms with Crippen LogP contribution in [0, 0.1) is 30.7 Å². The zero-order valence-electron chi connectivity index (χ0n) is 13.8. The average molecular weight is 321 g/mol. The van der Waals surface area contributed by atoms with Gasteiger partial charge in [-0.1, -0.05) is 12.1 Å². The van der Waals surface area contributed by atoms with Crippen LogP contribution >= 0.6 is 0 Å². The number of hydrogen-bond acceptors (Lipinski definition) is 4. The van der Waals surface area contributed by atoms with Crippen molar-refractivity contribution in [1.29, 1.82) is 5.26 Å². The molecule has 2 N–H and O–H groups in total. The molecule has 2 aliphatic heterocycles. The minimum Gasteiger partial charge on any atom is -0.325 e. The molecule has 3 heterocycles. The summed E-state index contributed by atoms with van der Waals surface area (Å²) in [5.41, 5.74) is 5.65. The summed E-state index contributed by atoms with van der Waals surface area (Å²) in [6.07, 6.45) is 3.58. The second-order valence-electron chi connectivity index (χ2n) is 6.86. The first-order valence-electron chi connectivity index (χ1n) is 8.13. The summed E-state index contributed by atoms with van der Waals surface area (Å²) in [6.45, 7) is 5.14. The number of nitrogens with zero attached hydrogens (tertiary/aromatic N) is 3. The van der Waals surface area contributed by atoms with Crippen molar-refractivity contribution in [1.82, 2.24) is 15.1 Å². The Morgan fingerprint density at radius 2 is 2.21 bits per heavy atom. The number of aryl methyl sites for hydroxylation is 2. The van der Waals surface area contributed by atoms with Gasteiger partial charge in [-0.05, 0) is 43.9 Å². The maximum Gasteiger partial charge on any atom is 0.232 e. The molecule has 24 heavy (non-hydrogen) atoms. The number of aromatic amines is 1. The van der Waals surface area contributed by atoms with E-state index < -0.39 is 5.41 Å². The topological polar surface area (TPSA) is 84.8 Å². The SMILES string of the molecule is Cc1n[nH]c(C)c1-c1ccc2c(c1)NC(=O)C1(CCN(C#N)C1)C2. The molecule has 1 unspecified atom stereocenters. The molecule has 1 amide bonds. The Bertz CT molecular complexity index is 859. The number of nitriles is 1. The lowest BCUT2D eigenvalue weighted by molar-refractivity contribution is -0.125. The van der Waals surface area contributed by atoms with Crippen molar-refractivity contribution < 1.29 is 4.79 Å². The van der Waals surface area contributed by atoms with Gasteiger partial charge in [-0.3, -0.25) is 9.89 Å². The lowest BCUT2D eigenvalue weighted by Crippen LogP contribution is -2.43. The number of rotatable bonds is 1. The fraction of sp³-hybridized carbons (Fsp3) is 0.389. The molecule has 2 aliphatic rings. The van der Waals surface area contributed by atoms with E-state index in [0.717, 1.165) is 40.2 Å². The predicted molar refractivity (Wildman–Crippen MR) is 90.1 cm³/mol. The van der Waals surface area contributed by atoms with E-state index in [1.807, 2.05) is 19.9 Å². The number of aromatic nitrogens is 2. The van der Waals surface area contributed by atoms with Crippen LogP contribution in [0.15, 0.2) is 18.2 Å². The highest BCUT2D eigenvalue weighted by atomic mass is 16.2. The summed E-state index contributed by atoms with van der Waals surface area (Å²) in [5, 5.41) is 19.4. The summed E-state index contributed by atoms with van der Waals surface area (Å²) in [7, 11) is 0. The Labute approximate surface area is 140 Å². The Morgan fingerprint density at radius 3 is 2.88 bits per heavy atom. The number of fused-ring (bicyclic) bond motifs is 1. The average Bonchev–Trinajstić information content (AvgIpc) is 3.13. The van der Waals surface area contributed by atoms with E-state index in [1.165, 1.54) is 0 Å². The molecule has 0 aliphatic carbocycles. The molecule has 4 rings (SSSR count). The Hall–Kier alpha value is -2.81. The van der Waals surface area contributed by atoms with Crippen LogP contribution in [0.25, 0.3) is 11.1 Å². The highest BCUT2D eigenvalue weighted by Gasteiger charge is 2.47. The number of anilines is 1. The standard InChI is InChI=1S/C18H19N5O/c1-11-16(12(2)22-21-11)13-3-4-14-8-18(5-6-23(9-18)10-19)17(24)20-15(14)7-13/h3-4,7H,5-6,8-9H2,1-2H3,(H,20,24)(H,21,22). The van der Waals surface area contributed by atoms with E-state index in [9.17, 15) is 4.79 Å². The van der Waals surface area contributed by atoms with Crippen molar-refractivity contribution in [3.63, 3.8) is 0 Å². The molecule has 1 atom stereocenters. The van der Waals surface area contributed by atoms with Crippen molar-refractivity contribution in [3.05, 3.63) is 35.2 Å². The summed E-state index contributed by atoms with van der Waals surface area (Å²) in [4.78, 5) is 14.4. The molecule has 6 heteroatoms. The van der Waals surface area contributed by atoms with E-state index in [2.05, 4.69) is 33.8 Å². The minimum absolute atomic E-state index is 0.0329. The zero-order valence-corrected chi connectivity index (χ0v) is 13.8. The number of carbonyl (C=O) groups is 1. The molecule has 6 nitrogen and oxygen atoms in total. The molecule has 122 valence electrons. The molecular formula is C18H19N5O. The van der Waals surface area contributed by atoms with Crippen LogP contribution in [0.4, 0.5) is 5.69 Å². The third kappa shape index (κ3) is 2.08. The highest BCUT2D eigenvalue weighted by Crippen LogP contribution is 2.42. The summed E-state index contributed by atoms with van der Waals surface area (Å²) in [6, 6.07) is 6.21. The van der Waals surface area contributed by atoms with Crippen molar-refractivity contribution in [2.24, 2.45) is 5.41 Å². The zero-order chi connectivity index (χ0) is 16.9. The van der Waals surface area contributed by atoms with Gasteiger partial charge in [-0.25, -0.2) is 0 Å². The fourth-order valence-electron chi connectivity index (χ4n) is 3.97. The fourth-order valence-corrected chi connectivity index (χ4v) is 3.97. The van der Waals surface area contributed by atoms with Gasteiger partial charge >= 0.3 is 0 Å². The second kappa shape index (κ2) is 5.10. The van der Waals surface area contributed by atoms with Crippen LogP contribution in [0.2, 0.25) is 0 Å². The van der Waals surface area contributed by atoms with Gasteiger partial charge in [0.25, 0.3) is 0 Å². The Kier molecular flexibility index (Phi) is 3.14. The number of H-pyrrole nitrogens is 1. The first kappa shape index (κ1) is 14.8.